The number of morpholine rings is 1. The third kappa shape index (κ3) is 4.00. The zero-order chi connectivity index (χ0) is 22.9. The molecule has 0 bridgehead atoms. The van der Waals surface area contributed by atoms with E-state index >= 15 is 0 Å². The van der Waals surface area contributed by atoms with Crippen LogP contribution in [0.1, 0.15) is 38.9 Å². The number of hydrogen-bond donors (Lipinski definition) is 0. The van der Waals surface area contributed by atoms with Crippen molar-refractivity contribution in [2.24, 2.45) is 0 Å². The lowest BCUT2D eigenvalue weighted by molar-refractivity contribution is -0.129. The van der Waals surface area contributed by atoms with Gasteiger partial charge in [-0.1, -0.05) is 18.2 Å². The molecule has 7 nitrogen and oxygen atoms in total. The number of aromatic nitrogens is 1. The summed E-state index contributed by atoms with van der Waals surface area (Å²) in [4.78, 5) is 44.7. The fourth-order valence-electron chi connectivity index (χ4n) is 4.69. The summed E-state index contributed by atoms with van der Waals surface area (Å²) in [5.74, 6) is 0.0457. The van der Waals surface area contributed by atoms with Crippen LogP contribution in [0.25, 0.3) is 22.0 Å². The normalized spacial score (nSPS) is 15.9. The molecule has 0 atom stereocenters. The van der Waals surface area contributed by atoms with Gasteiger partial charge in [-0.3, -0.25) is 14.4 Å². The zero-order valence-electron chi connectivity index (χ0n) is 18.5. The van der Waals surface area contributed by atoms with Crippen LogP contribution >= 0.6 is 0 Å². The van der Waals surface area contributed by atoms with E-state index in [9.17, 15) is 14.4 Å². The molecule has 7 heteroatoms. The maximum Gasteiger partial charge on any atom is 0.254 e. The maximum absolute atomic E-state index is 13.5. The van der Waals surface area contributed by atoms with Crippen LogP contribution in [0, 0.1) is 0 Å². The van der Waals surface area contributed by atoms with Crippen molar-refractivity contribution in [3.8, 4) is 11.1 Å². The highest BCUT2D eigenvalue weighted by atomic mass is 16.5. The first kappa shape index (κ1) is 21.3. The first-order valence-electron chi connectivity index (χ1n) is 11.2. The summed E-state index contributed by atoms with van der Waals surface area (Å²) in [6.45, 7) is 5.07. The third-order valence-electron chi connectivity index (χ3n) is 6.49. The summed E-state index contributed by atoms with van der Waals surface area (Å²) in [7, 11) is 0. The van der Waals surface area contributed by atoms with Gasteiger partial charge in [-0.2, -0.15) is 0 Å². The largest absolute Gasteiger partial charge is 0.378 e. The average molecular weight is 444 g/mol. The summed E-state index contributed by atoms with van der Waals surface area (Å²) in [6.07, 6.45) is 1.50. The minimum absolute atomic E-state index is 0.0323. The van der Waals surface area contributed by atoms with E-state index in [0.29, 0.717) is 56.2 Å². The summed E-state index contributed by atoms with van der Waals surface area (Å²) in [6, 6.07) is 13.4. The Hall–Kier alpha value is -3.58. The third-order valence-corrected chi connectivity index (χ3v) is 6.49. The lowest BCUT2D eigenvalue weighted by atomic mass is 9.90. The minimum Gasteiger partial charge on any atom is -0.378 e. The van der Waals surface area contributed by atoms with Gasteiger partial charge in [0.2, 0.25) is 5.91 Å². The first-order valence-corrected chi connectivity index (χ1v) is 11.2. The van der Waals surface area contributed by atoms with Gasteiger partial charge < -0.3 is 14.5 Å². The molecule has 0 saturated carbocycles. The van der Waals surface area contributed by atoms with Crippen LogP contribution in [0.15, 0.2) is 42.5 Å². The van der Waals surface area contributed by atoms with Crippen molar-refractivity contribution in [1.29, 1.82) is 0 Å². The molecule has 0 unspecified atom stereocenters. The van der Waals surface area contributed by atoms with E-state index in [-0.39, 0.29) is 11.8 Å². The average Bonchev–Trinajstić information content (AvgIpc) is 2.87. The van der Waals surface area contributed by atoms with Gasteiger partial charge in [0, 0.05) is 49.6 Å². The summed E-state index contributed by atoms with van der Waals surface area (Å²) in [5, 5.41) is 0.834. The van der Waals surface area contributed by atoms with Crippen LogP contribution in [0.5, 0.6) is 0 Å². The van der Waals surface area contributed by atoms with Crippen molar-refractivity contribution in [3.63, 3.8) is 0 Å². The number of fused-ring (bicyclic) bond motifs is 2. The van der Waals surface area contributed by atoms with Crippen molar-refractivity contribution in [2.75, 3.05) is 32.8 Å². The molecule has 33 heavy (non-hydrogen) atoms. The summed E-state index contributed by atoms with van der Waals surface area (Å²) >= 11 is 0. The van der Waals surface area contributed by atoms with Gasteiger partial charge in [-0.25, -0.2) is 4.98 Å². The van der Waals surface area contributed by atoms with E-state index in [2.05, 4.69) is 17.1 Å². The monoisotopic (exact) mass is 443 g/mol. The van der Waals surface area contributed by atoms with Crippen molar-refractivity contribution < 1.29 is 19.1 Å². The molecule has 1 saturated heterocycles. The van der Waals surface area contributed by atoms with Gasteiger partial charge in [0.25, 0.3) is 5.91 Å². The number of ether oxygens (including phenoxy) is 1. The highest BCUT2D eigenvalue weighted by Gasteiger charge is 2.25. The SMILES string of the molecule is CC(=O)N1CCc2cc(-c3c(C(=O)N4CCOCC4)ccc4nc(C=O)ccc34)ccc2C1. The molecule has 5 rings (SSSR count). The molecular formula is C26H25N3O4. The number of aldehydes is 1. The maximum atomic E-state index is 13.5. The van der Waals surface area contributed by atoms with Crippen molar-refractivity contribution in [3.05, 3.63) is 64.8 Å². The van der Waals surface area contributed by atoms with Gasteiger partial charge >= 0.3 is 0 Å². The molecule has 3 heterocycles. The number of pyridine rings is 1. The van der Waals surface area contributed by atoms with Crippen LogP contribution in [-0.4, -0.2) is 65.7 Å². The van der Waals surface area contributed by atoms with E-state index in [4.69, 9.17) is 4.74 Å². The van der Waals surface area contributed by atoms with Crippen molar-refractivity contribution in [2.45, 2.75) is 19.9 Å². The van der Waals surface area contributed by atoms with Gasteiger partial charge in [0.1, 0.15) is 5.69 Å². The molecule has 0 radical (unpaired) electrons. The second kappa shape index (κ2) is 8.75. The van der Waals surface area contributed by atoms with Gasteiger partial charge in [-0.05, 0) is 47.4 Å². The number of nitrogens with zero attached hydrogens (tertiary/aromatic N) is 3. The van der Waals surface area contributed by atoms with E-state index in [1.54, 1.807) is 13.0 Å². The first-order chi connectivity index (χ1) is 16.0. The Labute approximate surface area is 192 Å². The molecule has 1 fully saturated rings. The molecule has 168 valence electrons. The standard InChI is InChI=1S/C26H25N3O4/c1-17(31)29-9-8-18-14-19(2-3-20(18)15-29)25-22-5-4-21(16-30)27-24(22)7-6-23(25)26(32)28-10-12-33-13-11-28/h2-7,14,16H,8-13,15H2,1H3. The molecule has 0 N–H and O–H groups in total. The molecule has 0 aliphatic carbocycles. The second-order valence-corrected chi connectivity index (χ2v) is 8.49. The van der Waals surface area contributed by atoms with E-state index in [1.165, 1.54) is 5.56 Å². The lowest BCUT2D eigenvalue weighted by Gasteiger charge is -2.29. The Morgan fingerprint density at radius 1 is 0.970 bits per heavy atom. The van der Waals surface area contributed by atoms with Gasteiger partial charge in [0.05, 0.1) is 18.7 Å². The molecule has 0 spiro atoms. The lowest BCUT2D eigenvalue weighted by Crippen LogP contribution is -2.40. The minimum atomic E-state index is -0.0323. The van der Waals surface area contributed by atoms with Crippen LogP contribution < -0.4 is 0 Å². The Bertz CT molecular complexity index is 1260. The van der Waals surface area contributed by atoms with Crippen molar-refractivity contribution >= 4 is 29.0 Å². The topological polar surface area (TPSA) is 79.8 Å². The Morgan fingerprint density at radius 2 is 1.79 bits per heavy atom. The fourth-order valence-corrected chi connectivity index (χ4v) is 4.69. The predicted molar refractivity (Wildman–Crippen MR) is 124 cm³/mol. The molecule has 2 aliphatic heterocycles. The van der Waals surface area contributed by atoms with Crippen LogP contribution in [0.3, 0.4) is 0 Å². The van der Waals surface area contributed by atoms with Crippen LogP contribution in [0.2, 0.25) is 0 Å². The van der Waals surface area contributed by atoms with Crippen LogP contribution in [0.4, 0.5) is 0 Å². The molecule has 3 aromatic rings. The van der Waals surface area contributed by atoms with E-state index < -0.39 is 0 Å². The summed E-state index contributed by atoms with van der Waals surface area (Å²) in [5.41, 5.74) is 5.72. The van der Waals surface area contributed by atoms with Gasteiger partial charge in [-0.15, -0.1) is 0 Å². The highest BCUT2D eigenvalue weighted by Crippen LogP contribution is 2.35. The molecule has 2 aliphatic rings. The number of carbonyl (C=O) groups excluding carboxylic acids is 3. The summed E-state index contributed by atoms with van der Waals surface area (Å²) < 4.78 is 5.42. The fraction of sp³-hybridized carbons (Fsp3) is 0.308. The Balaban J connectivity index is 1.64. The highest BCUT2D eigenvalue weighted by molar-refractivity contribution is 6.09. The van der Waals surface area contributed by atoms with Crippen molar-refractivity contribution in [1.82, 2.24) is 14.8 Å². The number of rotatable bonds is 3. The zero-order valence-corrected chi connectivity index (χ0v) is 18.5. The number of benzene rings is 2. The number of amides is 2. The molecule has 1 aromatic heterocycles. The number of carbonyl (C=O) groups is 3. The van der Waals surface area contributed by atoms with Crippen LogP contribution in [-0.2, 0) is 22.5 Å². The smallest absolute Gasteiger partial charge is 0.254 e. The molecular weight excluding hydrogens is 418 g/mol. The van der Waals surface area contributed by atoms with E-state index in [1.807, 2.05) is 34.1 Å². The Kier molecular flexibility index (Phi) is 5.64. The number of hydrogen-bond acceptors (Lipinski definition) is 5. The quantitative estimate of drug-likeness (QED) is 0.581. The molecule has 2 amide bonds. The van der Waals surface area contributed by atoms with E-state index in [0.717, 1.165) is 34.8 Å². The second-order valence-electron chi connectivity index (χ2n) is 8.49. The molecule has 2 aromatic carbocycles. The Morgan fingerprint density at radius 3 is 2.55 bits per heavy atom. The predicted octanol–water partition coefficient (Wildman–Crippen LogP) is 3.09. The van der Waals surface area contributed by atoms with Gasteiger partial charge in [0.15, 0.2) is 6.29 Å².